The van der Waals surface area contributed by atoms with Crippen molar-refractivity contribution in [2.75, 3.05) is 0 Å². The summed E-state index contributed by atoms with van der Waals surface area (Å²) in [6, 6.07) is 0.949. The topological polar surface area (TPSA) is 12.9 Å². The summed E-state index contributed by atoms with van der Waals surface area (Å²) in [6.45, 7) is 0. The maximum absolute atomic E-state index is 11.6. The number of nitrogens with zero attached hydrogens (tertiary/aromatic N) is 1. The van der Waals surface area contributed by atoms with Gasteiger partial charge in [-0.15, -0.1) is 0 Å². The molecule has 1 nitrogen and oxygen atoms in total. The van der Waals surface area contributed by atoms with Crippen molar-refractivity contribution >= 4 is 11.5 Å². The van der Waals surface area contributed by atoms with Crippen molar-refractivity contribution in [2.45, 2.75) is 6.18 Å². The minimum absolute atomic E-state index is 0.455. The van der Waals surface area contributed by atoms with Crippen molar-refractivity contribution in [3.05, 3.63) is 17.1 Å². The molecular weight excluding hydrogens is 151 g/mol. The number of aromatic nitrogens is 1. The molecule has 1 aromatic heterocycles. The maximum Gasteiger partial charge on any atom is 0.427 e. The Kier molecular flexibility index (Phi) is 1.44. The van der Waals surface area contributed by atoms with E-state index in [9.17, 15) is 13.2 Å². The predicted molar refractivity (Wildman–Crippen MR) is 27.1 cm³/mol. The van der Waals surface area contributed by atoms with Crippen LogP contribution in [-0.4, -0.2) is 4.37 Å². The molecule has 0 bridgehead atoms. The molecule has 9 heavy (non-hydrogen) atoms. The van der Waals surface area contributed by atoms with Crippen LogP contribution in [0.3, 0.4) is 0 Å². The second-order valence-electron chi connectivity index (χ2n) is 1.37. The van der Waals surface area contributed by atoms with E-state index < -0.39 is 11.1 Å². The lowest BCUT2D eigenvalue weighted by atomic mass is 10.5. The van der Waals surface area contributed by atoms with Gasteiger partial charge in [0.25, 0.3) is 0 Å². The molecule has 0 radical (unpaired) electrons. The van der Waals surface area contributed by atoms with Crippen molar-refractivity contribution < 1.29 is 13.2 Å². The van der Waals surface area contributed by atoms with Gasteiger partial charge in [0.1, 0.15) is 4.88 Å². The van der Waals surface area contributed by atoms with E-state index in [-0.39, 0.29) is 0 Å². The van der Waals surface area contributed by atoms with E-state index in [1.807, 2.05) is 0 Å². The summed E-state index contributed by atoms with van der Waals surface area (Å²) in [5, 5.41) is 0. The third-order valence-corrected chi connectivity index (χ3v) is 1.51. The summed E-state index contributed by atoms with van der Waals surface area (Å²) in [6.07, 6.45) is -3.09. The zero-order chi connectivity index (χ0) is 6.91. The standard InChI is InChI=1S/C4H2F3NS/c5-4(6,7)3-1-2-8-9-3/h1-2H. The van der Waals surface area contributed by atoms with Gasteiger partial charge in [-0.3, -0.25) is 0 Å². The Morgan fingerprint density at radius 1 is 1.44 bits per heavy atom. The van der Waals surface area contributed by atoms with Crippen LogP contribution < -0.4 is 0 Å². The molecule has 50 valence electrons. The number of hydrogen-bond donors (Lipinski definition) is 0. The second-order valence-corrected chi connectivity index (χ2v) is 2.21. The molecule has 0 unspecified atom stereocenters. The highest BCUT2D eigenvalue weighted by molar-refractivity contribution is 7.05. The van der Waals surface area contributed by atoms with Gasteiger partial charge in [-0.25, -0.2) is 4.37 Å². The molecule has 0 saturated carbocycles. The molecule has 1 rings (SSSR count). The van der Waals surface area contributed by atoms with E-state index >= 15 is 0 Å². The van der Waals surface area contributed by atoms with Gasteiger partial charge in [-0.2, -0.15) is 13.2 Å². The highest BCUT2D eigenvalue weighted by Crippen LogP contribution is 2.30. The zero-order valence-electron chi connectivity index (χ0n) is 4.14. The first-order valence-corrected chi connectivity index (χ1v) is 2.86. The summed E-state index contributed by atoms with van der Waals surface area (Å²) in [5.74, 6) is 0. The average Bonchev–Trinajstić information content (AvgIpc) is 2.08. The fourth-order valence-electron chi connectivity index (χ4n) is 0.362. The fraction of sp³-hybridized carbons (Fsp3) is 0.250. The van der Waals surface area contributed by atoms with Gasteiger partial charge in [0.15, 0.2) is 0 Å². The molecule has 0 aromatic carbocycles. The van der Waals surface area contributed by atoms with Crippen molar-refractivity contribution in [1.29, 1.82) is 0 Å². The maximum atomic E-state index is 11.6. The molecule has 0 aliphatic carbocycles. The average molecular weight is 153 g/mol. The van der Waals surface area contributed by atoms with E-state index in [1.54, 1.807) is 0 Å². The third kappa shape index (κ3) is 1.41. The molecule has 0 aliphatic heterocycles. The first-order chi connectivity index (χ1) is 4.11. The Morgan fingerprint density at radius 2 is 2.11 bits per heavy atom. The van der Waals surface area contributed by atoms with Crippen LogP contribution in [-0.2, 0) is 6.18 Å². The number of alkyl halides is 3. The van der Waals surface area contributed by atoms with Crippen molar-refractivity contribution in [2.24, 2.45) is 0 Å². The van der Waals surface area contributed by atoms with Crippen LogP contribution in [0.2, 0.25) is 0 Å². The smallest absolute Gasteiger partial charge is 0.201 e. The molecule has 0 fully saturated rings. The van der Waals surface area contributed by atoms with Gasteiger partial charge in [-0.05, 0) is 17.6 Å². The molecule has 5 heteroatoms. The van der Waals surface area contributed by atoms with Gasteiger partial charge in [0.05, 0.1) is 0 Å². The summed E-state index contributed by atoms with van der Waals surface area (Å²) in [7, 11) is 0. The van der Waals surface area contributed by atoms with Crippen LogP contribution in [0.5, 0.6) is 0 Å². The fourth-order valence-corrected chi connectivity index (χ4v) is 0.823. The Bertz CT molecular complexity index is 178. The van der Waals surface area contributed by atoms with Crippen LogP contribution in [0.15, 0.2) is 12.3 Å². The molecule has 0 amide bonds. The van der Waals surface area contributed by atoms with Crippen LogP contribution >= 0.6 is 11.5 Å². The minimum atomic E-state index is -4.22. The minimum Gasteiger partial charge on any atom is -0.201 e. The highest BCUT2D eigenvalue weighted by atomic mass is 32.1. The van der Waals surface area contributed by atoms with Crippen molar-refractivity contribution in [1.82, 2.24) is 4.37 Å². The molecule has 1 heterocycles. The predicted octanol–water partition coefficient (Wildman–Crippen LogP) is 2.16. The monoisotopic (exact) mass is 153 g/mol. The summed E-state index contributed by atoms with van der Waals surface area (Å²) >= 11 is 0.455. The lowest BCUT2D eigenvalue weighted by Gasteiger charge is -1.98. The lowest BCUT2D eigenvalue weighted by molar-refractivity contribution is -0.134. The SMILES string of the molecule is FC(F)(F)c1ccns1. The first-order valence-electron chi connectivity index (χ1n) is 2.08. The lowest BCUT2D eigenvalue weighted by Crippen LogP contribution is -2.00. The van der Waals surface area contributed by atoms with Crippen LogP contribution in [0, 0.1) is 0 Å². The van der Waals surface area contributed by atoms with Crippen LogP contribution in [0.25, 0.3) is 0 Å². The van der Waals surface area contributed by atoms with E-state index in [2.05, 4.69) is 4.37 Å². The summed E-state index contributed by atoms with van der Waals surface area (Å²) in [5.41, 5.74) is 0. The molecule has 0 atom stereocenters. The van der Waals surface area contributed by atoms with E-state index in [1.165, 1.54) is 0 Å². The first kappa shape index (κ1) is 6.54. The van der Waals surface area contributed by atoms with Gasteiger partial charge in [0.2, 0.25) is 0 Å². The van der Waals surface area contributed by atoms with Crippen molar-refractivity contribution in [3.63, 3.8) is 0 Å². The summed E-state index contributed by atoms with van der Waals surface area (Å²) in [4.78, 5) is -0.650. The van der Waals surface area contributed by atoms with Gasteiger partial charge < -0.3 is 0 Å². The molecule has 0 saturated heterocycles. The van der Waals surface area contributed by atoms with Crippen LogP contribution in [0.1, 0.15) is 4.88 Å². The molecular formula is C4H2F3NS. The summed E-state index contributed by atoms with van der Waals surface area (Å²) < 4.78 is 38.1. The Hall–Kier alpha value is -0.580. The Morgan fingerprint density at radius 3 is 2.33 bits per heavy atom. The second kappa shape index (κ2) is 1.98. The third-order valence-electron chi connectivity index (χ3n) is 0.717. The molecule has 0 N–H and O–H groups in total. The number of rotatable bonds is 0. The van der Waals surface area contributed by atoms with Crippen LogP contribution in [0.4, 0.5) is 13.2 Å². The highest BCUT2D eigenvalue weighted by Gasteiger charge is 2.31. The van der Waals surface area contributed by atoms with Gasteiger partial charge in [0, 0.05) is 6.20 Å². The normalized spacial score (nSPS) is 11.9. The largest absolute Gasteiger partial charge is 0.427 e. The Balaban J connectivity index is 2.90. The molecule has 0 spiro atoms. The number of halogens is 3. The van der Waals surface area contributed by atoms with Gasteiger partial charge in [-0.1, -0.05) is 0 Å². The van der Waals surface area contributed by atoms with Crippen molar-refractivity contribution in [3.8, 4) is 0 Å². The van der Waals surface area contributed by atoms with E-state index in [0.29, 0.717) is 11.5 Å². The zero-order valence-corrected chi connectivity index (χ0v) is 4.96. The number of hydrogen-bond acceptors (Lipinski definition) is 2. The van der Waals surface area contributed by atoms with E-state index in [4.69, 9.17) is 0 Å². The Labute approximate surface area is 53.3 Å². The van der Waals surface area contributed by atoms with Gasteiger partial charge >= 0.3 is 6.18 Å². The molecule has 0 aliphatic rings. The quantitative estimate of drug-likeness (QED) is 0.556. The molecule has 1 aromatic rings. The van der Waals surface area contributed by atoms with E-state index in [0.717, 1.165) is 12.3 Å².